The molecule has 0 aliphatic carbocycles. The Balaban J connectivity index is 2.23. The van der Waals surface area contributed by atoms with Gasteiger partial charge in [0.2, 0.25) is 5.91 Å². The molecule has 0 fully saturated rings. The summed E-state index contributed by atoms with van der Waals surface area (Å²) in [5.41, 5.74) is 7.92. The monoisotopic (exact) mass is 319 g/mol. The molecule has 98 valence electrons. The second kappa shape index (κ2) is 5.84. The second-order valence-corrected chi connectivity index (χ2v) is 5.14. The smallest absolute Gasteiger partial charge is 0.244 e. The first-order valence-corrected chi connectivity index (χ1v) is 6.59. The Morgan fingerprint density at radius 2 is 1.95 bits per heavy atom. The van der Waals surface area contributed by atoms with E-state index in [1.54, 1.807) is 6.20 Å². The number of aromatic nitrogens is 1. The zero-order chi connectivity index (χ0) is 13.8. The fourth-order valence-corrected chi connectivity index (χ4v) is 1.95. The van der Waals surface area contributed by atoms with Crippen molar-refractivity contribution in [2.24, 2.45) is 5.73 Å². The van der Waals surface area contributed by atoms with Crippen molar-refractivity contribution in [2.75, 3.05) is 5.32 Å². The maximum Gasteiger partial charge on any atom is 0.244 e. The summed E-state index contributed by atoms with van der Waals surface area (Å²) in [6, 6.07) is 10.7. The molecule has 2 rings (SSSR count). The highest BCUT2D eigenvalue weighted by Gasteiger charge is 2.17. The van der Waals surface area contributed by atoms with Crippen LogP contribution >= 0.6 is 15.9 Å². The molecule has 1 aromatic carbocycles. The molecular weight excluding hydrogens is 306 g/mol. The van der Waals surface area contributed by atoms with Crippen molar-refractivity contribution in [2.45, 2.75) is 13.0 Å². The summed E-state index contributed by atoms with van der Waals surface area (Å²) in [5, 5.41) is 3.11. The summed E-state index contributed by atoms with van der Waals surface area (Å²) < 4.78 is 0.977. The van der Waals surface area contributed by atoms with Crippen LogP contribution in [0.4, 0.5) is 5.69 Å². The van der Waals surface area contributed by atoms with E-state index in [9.17, 15) is 4.79 Å². The Morgan fingerprint density at radius 3 is 2.47 bits per heavy atom. The lowest BCUT2D eigenvalue weighted by molar-refractivity contribution is -0.118. The van der Waals surface area contributed by atoms with E-state index < -0.39 is 11.9 Å². The zero-order valence-corrected chi connectivity index (χ0v) is 12.0. The fraction of sp³-hybridized carbons (Fsp3) is 0.143. The number of primary amides is 1. The Hall–Kier alpha value is -1.88. The molecule has 0 aliphatic heterocycles. The molecule has 4 nitrogen and oxygen atoms in total. The number of carbonyl (C=O) groups excluding carboxylic acids is 1. The van der Waals surface area contributed by atoms with Gasteiger partial charge in [0.25, 0.3) is 0 Å². The molecule has 0 saturated heterocycles. The number of nitrogens with zero attached hydrogens (tertiary/aromatic N) is 1. The summed E-state index contributed by atoms with van der Waals surface area (Å²) in [5.74, 6) is -0.437. The Bertz CT molecular complexity index is 566. The molecule has 1 unspecified atom stereocenters. The lowest BCUT2D eigenvalue weighted by Crippen LogP contribution is -2.27. The van der Waals surface area contributed by atoms with Gasteiger partial charge in [0, 0.05) is 27.6 Å². The van der Waals surface area contributed by atoms with Gasteiger partial charge in [0.1, 0.15) is 6.04 Å². The second-order valence-electron chi connectivity index (χ2n) is 4.22. The van der Waals surface area contributed by atoms with Crippen LogP contribution in [0.1, 0.15) is 17.3 Å². The number of nitrogens with one attached hydrogen (secondary N) is 1. The molecular formula is C14H14BrN3O. The SMILES string of the molecule is Cc1ccc(C(Nc2ccc(Br)cc2)C(N)=O)cn1. The number of rotatable bonds is 4. The van der Waals surface area contributed by atoms with E-state index in [-0.39, 0.29) is 0 Å². The maximum absolute atomic E-state index is 11.6. The molecule has 19 heavy (non-hydrogen) atoms. The van der Waals surface area contributed by atoms with Gasteiger partial charge in [0.15, 0.2) is 0 Å². The summed E-state index contributed by atoms with van der Waals surface area (Å²) in [6.07, 6.45) is 1.66. The first-order chi connectivity index (χ1) is 9.06. The van der Waals surface area contributed by atoms with Crippen molar-refractivity contribution in [1.82, 2.24) is 4.98 Å². The van der Waals surface area contributed by atoms with Gasteiger partial charge < -0.3 is 11.1 Å². The normalized spacial score (nSPS) is 11.9. The summed E-state index contributed by atoms with van der Waals surface area (Å²) in [6.45, 7) is 1.89. The highest BCUT2D eigenvalue weighted by molar-refractivity contribution is 9.10. The van der Waals surface area contributed by atoms with Crippen LogP contribution in [0.15, 0.2) is 47.1 Å². The van der Waals surface area contributed by atoms with E-state index >= 15 is 0 Å². The molecule has 0 bridgehead atoms. The first kappa shape index (κ1) is 13.5. The highest BCUT2D eigenvalue weighted by atomic mass is 79.9. The van der Waals surface area contributed by atoms with E-state index in [0.717, 1.165) is 21.4 Å². The number of amides is 1. The number of hydrogen-bond acceptors (Lipinski definition) is 3. The van der Waals surface area contributed by atoms with Crippen LogP contribution in [-0.2, 0) is 4.79 Å². The third-order valence-electron chi connectivity index (χ3n) is 2.71. The first-order valence-electron chi connectivity index (χ1n) is 5.80. The molecule has 0 spiro atoms. The van der Waals surface area contributed by atoms with Gasteiger partial charge in [-0.3, -0.25) is 9.78 Å². The summed E-state index contributed by atoms with van der Waals surface area (Å²) in [4.78, 5) is 15.8. The molecule has 3 N–H and O–H groups in total. The maximum atomic E-state index is 11.6. The molecule has 2 aromatic rings. The van der Waals surface area contributed by atoms with Crippen molar-refractivity contribution < 1.29 is 4.79 Å². The van der Waals surface area contributed by atoms with Crippen LogP contribution in [0.25, 0.3) is 0 Å². The van der Waals surface area contributed by atoms with Gasteiger partial charge in [-0.15, -0.1) is 0 Å². The van der Waals surface area contributed by atoms with Crippen LogP contribution in [0.5, 0.6) is 0 Å². The van der Waals surface area contributed by atoms with E-state index in [1.165, 1.54) is 0 Å². The predicted molar refractivity (Wildman–Crippen MR) is 78.7 cm³/mol. The standard InChI is InChI=1S/C14H14BrN3O/c1-9-2-3-10(8-17-9)13(14(16)19)18-12-6-4-11(15)5-7-12/h2-8,13,18H,1H3,(H2,16,19). The third kappa shape index (κ3) is 3.54. The molecule has 0 aliphatic rings. The zero-order valence-electron chi connectivity index (χ0n) is 10.4. The largest absolute Gasteiger partial charge is 0.370 e. The number of aryl methyl sites for hydroxylation is 1. The lowest BCUT2D eigenvalue weighted by atomic mass is 10.1. The quantitative estimate of drug-likeness (QED) is 0.910. The van der Waals surface area contributed by atoms with Gasteiger partial charge in [-0.1, -0.05) is 22.0 Å². The van der Waals surface area contributed by atoms with E-state index in [4.69, 9.17) is 5.73 Å². The van der Waals surface area contributed by atoms with Crippen LogP contribution in [0.2, 0.25) is 0 Å². The fourth-order valence-electron chi connectivity index (χ4n) is 1.68. The molecule has 0 radical (unpaired) electrons. The number of nitrogens with two attached hydrogens (primary N) is 1. The van der Waals surface area contributed by atoms with Crippen LogP contribution in [-0.4, -0.2) is 10.9 Å². The van der Waals surface area contributed by atoms with Gasteiger partial charge in [-0.05, 0) is 37.3 Å². The minimum Gasteiger partial charge on any atom is -0.370 e. The molecule has 1 atom stereocenters. The van der Waals surface area contributed by atoms with Crippen LogP contribution in [0, 0.1) is 6.92 Å². The Labute approximate surface area is 120 Å². The molecule has 5 heteroatoms. The molecule has 1 heterocycles. The number of benzene rings is 1. The van der Waals surface area contributed by atoms with Crippen molar-refractivity contribution in [3.63, 3.8) is 0 Å². The molecule has 0 saturated carbocycles. The third-order valence-corrected chi connectivity index (χ3v) is 3.24. The van der Waals surface area contributed by atoms with Crippen molar-refractivity contribution in [3.05, 3.63) is 58.3 Å². The average Bonchev–Trinajstić information content (AvgIpc) is 2.39. The van der Waals surface area contributed by atoms with Gasteiger partial charge >= 0.3 is 0 Å². The van der Waals surface area contributed by atoms with Gasteiger partial charge in [0.05, 0.1) is 0 Å². The number of anilines is 1. The van der Waals surface area contributed by atoms with E-state index in [0.29, 0.717) is 0 Å². The lowest BCUT2D eigenvalue weighted by Gasteiger charge is -2.17. The number of hydrogen-bond donors (Lipinski definition) is 2. The van der Waals surface area contributed by atoms with Crippen LogP contribution < -0.4 is 11.1 Å². The van der Waals surface area contributed by atoms with E-state index in [2.05, 4.69) is 26.2 Å². The number of halogens is 1. The van der Waals surface area contributed by atoms with Gasteiger partial charge in [-0.2, -0.15) is 0 Å². The van der Waals surface area contributed by atoms with Crippen LogP contribution in [0.3, 0.4) is 0 Å². The predicted octanol–water partition coefficient (Wildman–Crippen LogP) is 2.79. The molecule has 1 aromatic heterocycles. The van der Waals surface area contributed by atoms with Crippen molar-refractivity contribution in [1.29, 1.82) is 0 Å². The Kier molecular flexibility index (Phi) is 4.16. The highest BCUT2D eigenvalue weighted by Crippen LogP contribution is 2.21. The topological polar surface area (TPSA) is 68.0 Å². The number of pyridine rings is 1. The summed E-state index contributed by atoms with van der Waals surface area (Å²) >= 11 is 3.36. The van der Waals surface area contributed by atoms with Crippen molar-refractivity contribution >= 4 is 27.5 Å². The minimum absolute atomic E-state index is 0.437. The molecule has 1 amide bonds. The number of carbonyl (C=O) groups is 1. The Morgan fingerprint density at radius 1 is 1.26 bits per heavy atom. The van der Waals surface area contributed by atoms with E-state index in [1.807, 2.05) is 43.3 Å². The minimum atomic E-state index is -0.589. The summed E-state index contributed by atoms with van der Waals surface area (Å²) in [7, 11) is 0. The van der Waals surface area contributed by atoms with Crippen molar-refractivity contribution in [3.8, 4) is 0 Å². The van der Waals surface area contributed by atoms with Gasteiger partial charge in [-0.25, -0.2) is 0 Å². The average molecular weight is 320 g/mol.